The number of rotatable bonds is 23. The highest BCUT2D eigenvalue weighted by molar-refractivity contribution is 7.32. The van der Waals surface area contributed by atoms with E-state index in [2.05, 4.69) is 281 Å². The fourth-order valence-electron chi connectivity index (χ4n) is 14.5. The quantitative estimate of drug-likeness (QED) is 0.0579. The molecular weight excluding hydrogens is 1320 g/mol. The van der Waals surface area contributed by atoms with Crippen LogP contribution in [0.25, 0.3) is 65.8 Å². The Bertz CT molecular complexity index is 4290. The molecule has 102 heavy (non-hydrogen) atoms. The molecule has 0 saturated carbocycles. The van der Waals surface area contributed by atoms with Crippen LogP contribution < -0.4 is 13.6 Å². The molecule has 3 aromatic heterocycles. The van der Waals surface area contributed by atoms with Crippen molar-refractivity contribution in [3.8, 4) is 0 Å². The van der Waals surface area contributed by atoms with Crippen molar-refractivity contribution in [1.82, 2.24) is 0 Å². The first-order valence-corrected chi connectivity index (χ1v) is 42.0. The molecule has 0 spiro atoms. The normalized spacial score (nSPS) is 13.6. The third kappa shape index (κ3) is 20.1. The molecule has 9 aromatic rings. The van der Waals surface area contributed by atoms with Crippen LogP contribution in [0.3, 0.4) is 0 Å². The highest BCUT2D eigenvalue weighted by Crippen LogP contribution is 2.49. The van der Waals surface area contributed by atoms with Crippen molar-refractivity contribution >= 4 is 90.5 Å². The van der Waals surface area contributed by atoms with Gasteiger partial charge in [0.15, 0.2) is 0 Å². The molecule has 1 unspecified atom stereocenters. The first-order chi connectivity index (χ1) is 47.2. The Hall–Kier alpha value is -5.10. The van der Waals surface area contributed by atoms with E-state index in [-0.39, 0.29) is 39.1 Å². The first-order valence-electron chi connectivity index (χ1n) is 38.7. The lowest BCUT2D eigenvalue weighted by atomic mass is 9.81. The Labute approximate surface area is 618 Å². The van der Waals surface area contributed by atoms with Gasteiger partial charge in [-0.1, -0.05) is 244 Å². The maximum atomic E-state index is 7.60. The Morgan fingerprint density at radius 1 is 0.265 bits per heavy atom. The standard InChI is InChI=1S/C90H131O9P3/c1-54(2)36-60-42-67-68-43-61(37-55(3)4)49-74(86(16,17)18)80(68)95-100(94-79(67)73(48-60)85(13,14)15)91-34-31-32-66(93-102-98-83-71(46-64(40-58(9)10)52-77(83)89(25,26)27)72-47-65(41-59(11)12)53-78(84(72)99-102)90(28,29)30)33-35-92-101-96-81-69(44-62(38-56(5)6)50-75(81)87(19,20)21)70-45-63(39-57(7)8)51-76(82(70)97-101)88(22,23)24/h42-59,66H,31-41H2,1-30H3. The minimum atomic E-state index is -2.09. The van der Waals surface area contributed by atoms with Gasteiger partial charge in [0.2, 0.25) is 0 Å². The number of hydrogen-bond donors (Lipinski definition) is 0. The maximum absolute atomic E-state index is 7.60. The minimum Gasteiger partial charge on any atom is -0.399 e. The number of fused-ring (bicyclic) bond motifs is 9. The topological polar surface area (TPSA) is 107 Å². The molecule has 6 aromatic carbocycles. The van der Waals surface area contributed by atoms with Gasteiger partial charge in [-0.2, -0.15) is 0 Å². The van der Waals surface area contributed by atoms with Gasteiger partial charge in [-0.05, 0) is 196 Å². The van der Waals surface area contributed by atoms with Gasteiger partial charge in [0, 0.05) is 65.7 Å². The van der Waals surface area contributed by atoms with Crippen LogP contribution >= 0.6 is 24.7 Å². The predicted octanol–water partition coefficient (Wildman–Crippen LogP) is 28.7. The fourth-order valence-corrected chi connectivity index (χ4v) is 18.0. The molecule has 0 fully saturated rings. The minimum absolute atomic E-state index is 0.241. The zero-order valence-electron chi connectivity index (χ0n) is 68.8. The van der Waals surface area contributed by atoms with Crippen molar-refractivity contribution < 1.29 is 38.8 Å². The molecule has 9 rings (SSSR count). The van der Waals surface area contributed by atoms with Gasteiger partial charge >= 0.3 is 24.7 Å². The number of benzene rings is 6. The van der Waals surface area contributed by atoms with Crippen LogP contribution in [-0.4, -0.2) is 19.3 Å². The van der Waals surface area contributed by atoms with E-state index in [4.69, 9.17) is 38.8 Å². The maximum Gasteiger partial charge on any atom is 0.387 e. The molecule has 0 aliphatic carbocycles. The zero-order valence-corrected chi connectivity index (χ0v) is 71.4. The Morgan fingerprint density at radius 2 is 0.461 bits per heavy atom. The predicted molar refractivity (Wildman–Crippen MR) is 440 cm³/mol. The summed E-state index contributed by atoms with van der Waals surface area (Å²) in [4.78, 5) is 0. The molecule has 0 saturated heterocycles. The van der Waals surface area contributed by atoms with E-state index >= 15 is 0 Å². The summed E-state index contributed by atoms with van der Waals surface area (Å²) in [6, 6.07) is 28.4. The second kappa shape index (κ2) is 31.8. The smallest absolute Gasteiger partial charge is 0.387 e. The van der Waals surface area contributed by atoms with Crippen LogP contribution in [0.5, 0.6) is 0 Å². The van der Waals surface area contributed by atoms with Crippen molar-refractivity contribution in [2.24, 2.45) is 35.5 Å². The molecule has 0 radical (unpaired) electrons. The van der Waals surface area contributed by atoms with Gasteiger partial charge in [0.05, 0.1) is 19.3 Å². The van der Waals surface area contributed by atoms with E-state index in [0.717, 1.165) is 138 Å². The van der Waals surface area contributed by atoms with E-state index in [1.807, 2.05) is 0 Å². The molecule has 0 aliphatic rings. The van der Waals surface area contributed by atoms with Crippen molar-refractivity contribution in [2.75, 3.05) is 13.2 Å². The summed E-state index contributed by atoms with van der Waals surface area (Å²) in [5.74, 6) is 2.78. The van der Waals surface area contributed by atoms with Crippen molar-refractivity contribution in [1.29, 1.82) is 0 Å². The summed E-state index contributed by atoms with van der Waals surface area (Å²) in [6.45, 7) is 69.4. The lowest BCUT2D eigenvalue weighted by Gasteiger charge is -2.22. The summed E-state index contributed by atoms with van der Waals surface area (Å²) in [5.41, 5.74) is 18.1. The van der Waals surface area contributed by atoms with E-state index < -0.39 is 30.8 Å². The third-order valence-corrected chi connectivity index (χ3v) is 22.5. The van der Waals surface area contributed by atoms with Gasteiger partial charge in [-0.15, -0.1) is 0 Å². The molecule has 1 atom stereocenters. The Morgan fingerprint density at radius 3 is 0.657 bits per heavy atom. The van der Waals surface area contributed by atoms with Crippen molar-refractivity contribution in [3.05, 3.63) is 140 Å². The van der Waals surface area contributed by atoms with Crippen LogP contribution in [-0.2, 0) is 71.0 Å². The van der Waals surface area contributed by atoms with E-state index in [1.54, 1.807) is 0 Å². The van der Waals surface area contributed by atoms with Crippen molar-refractivity contribution in [3.63, 3.8) is 0 Å². The molecule has 12 heteroatoms. The molecule has 560 valence electrons. The first kappa shape index (κ1) is 81.0. The molecule has 0 amide bonds. The summed E-state index contributed by atoms with van der Waals surface area (Å²) >= 11 is 0. The average Bonchev–Trinajstić information content (AvgIpc) is 1.51. The third-order valence-electron chi connectivity index (χ3n) is 19.2. The van der Waals surface area contributed by atoms with Crippen LogP contribution in [0.2, 0.25) is 0 Å². The molecule has 9 nitrogen and oxygen atoms in total. The Kier molecular flexibility index (Phi) is 25.2. The van der Waals surface area contributed by atoms with E-state index in [1.165, 1.54) is 33.4 Å². The van der Waals surface area contributed by atoms with Crippen LogP contribution in [0.1, 0.15) is 294 Å². The second-order valence-corrected chi connectivity index (χ2v) is 41.9. The van der Waals surface area contributed by atoms with Crippen LogP contribution in [0.15, 0.2) is 98.0 Å². The zero-order chi connectivity index (χ0) is 75.3. The van der Waals surface area contributed by atoms with E-state index in [9.17, 15) is 0 Å². The van der Waals surface area contributed by atoms with Gasteiger partial charge in [0.1, 0.15) is 33.5 Å². The summed E-state index contributed by atoms with van der Waals surface area (Å²) in [5, 5.41) is 6.38. The fraction of sp³-hybridized carbons (Fsp3) is 0.600. The van der Waals surface area contributed by atoms with E-state index in [0.29, 0.717) is 61.4 Å². The van der Waals surface area contributed by atoms with Gasteiger partial charge < -0.3 is 25.2 Å². The van der Waals surface area contributed by atoms with Gasteiger partial charge in [-0.25, -0.2) is 0 Å². The molecule has 3 heterocycles. The molecule has 0 N–H and O–H groups in total. The van der Waals surface area contributed by atoms with Gasteiger partial charge in [0.25, 0.3) is 0 Å². The molecular formula is C90H131O9P3. The number of hydrogen-bond acceptors (Lipinski definition) is 9. The SMILES string of the molecule is CC(C)Cc1cc(C(C)(C)C)c2op(OCCCC(CCOp3oc4c(C(C)(C)C)cc(CC(C)C)cc4c4cc(CC(C)C)cc(C(C)(C)C)c4o3)Op3oc4c(C(C)(C)C)cc(CC(C)C)cc4c4cc(CC(C)C)cc(C(C)(C)C)c4o3)oc3c(C(C)(C)C)cc(CC(C)C)cc3c2c1. The van der Waals surface area contributed by atoms with Crippen LogP contribution in [0.4, 0.5) is 0 Å². The highest BCUT2D eigenvalue weighted by Gasteiger charge is 2.32. The summed E-state index contributed by atoms with van der Waals surface area (Å²) in [6.07, 6.45) is 6.87. The largest absolute Gasteiger partial charge is 0.399 e. The molecule has 0 bridgehead atoms. The van der Waals surface area contributed by atoms with Crippen molar-refractivity contribution in [2.45, 2.75) is 304 Å². The monoisotopic (exact) mass is 1450 g/mol. The average molecular weight is 1450 g/mol. The van der Waals surface area contributed by atoms with Crippen LogP contribution in [0, 0.1) is 35.5 Å². The molecule has 0 aliphatic heterocycles. The Balaban J connectivity index is 1.24. The van der Waals surface area contributed by atoms with Gasteiger partial charge in [-0.3, -0.25) is 13.6 Å². The summed E-state index contributed by atoms with van der Waals surface area (Å²) < 4.78 is 66.2. The second-order valence-electron chi connectivity index (χ2n) is 38.8. The lowest BCUT2D eigenvalue weighted by Crippen LogP contribution is -2.19. The summed E-state index contributed by atoms with van der Waals surface area (Å²) in [7, 11) is -6.04. The highest BCUT2D eigenvalue weighted by atomic mass is 31.1. The lowest BCUT2D eigenvalue weighted by molar-refractivity contribution is 0.195.